The van der Waals surface area contributed by atoms with Crippen molar-refractivity contribution >= 4 is 45.6 Å². The van der Waals surface area contributed by atoms with Crippen molar-refractivity contribution in [3.8, 4) is 10.7 Å². The van der Waals surface area contributed by atoms with Crippen LogP contribution in [0.5, 0.6) is 0 Å². The normalized spacial score (nSPS) is 10.3. The summed E-state index contributed by atoms with van der Waals surface area (Å²) in [6.07, 6.45) is 2.62. The molecule has 0 bridgehead atoms. The smallest absolute Gasteiger partial charge is 0.227 e. The van der Waals surface area contributed by atoms with Gasteiger partial charge in [-0.3, -0.25) is 4.79 Å². The Kier molecular flexibility index (Phi) is 8.62. The zero-order valence-electron chi connectivity index (χ0n) is 11.9. The fraction of sp³-hybridized carbons (Fsp3) is 0.462. The number of nitrogens with zero attached hydrogens (tertiary/aromatic N) is 2. The number of amides is 1. The molecule has 0 atom stereocenters. The Bertz CT molecular complexity index is 590. The first kappa shape index (κ1) is 19.1. The lowest BCUT2D eigenvalue weighted by molar-refractivity contribution is -0.121. The number of aromatic nitrogens is 2. The predicted molar refractivity (Wildman–Crippen MR) is 92.2 cm³/mol. The van der Waals surface area contributed by atoms with Gasteiger partial charge in [0.25, 0.3) is 0 Å². The standard InChI is InChI=1S/C13H17BrN4O2S.ClH/c14-9-7-10(21-8-9)13-17-12(20-18-13)4-3-11(19)16-6-2-1-5-15;/h7-8H,1-6,15H2,(H,16,19);1H. The van der Waals surface area contributed by atoms with Crippen molar-refractivity contribution in [3.05, 3.63) is 21.8 Å². The van der Waals surface area contributed by atoms with Crippen molar-refractivity contribution < 1.29 is 9.32 Å². The van der Waals surface area contributed by atoms with E-state index in [1.165, 1.54) is 11.3 Å². The molecule has 22 heavy (non-hydrogen) atoms. The molecule has 2 rings (SSSR count). The summed E-state index contributed by atoms with van der Waals surface area (Å²) in [5.41, 5.74) is 5.39. The molecule has 2 heterocycles. The highest BCUT2D eigenvalue weighted by atomic mass is 79.9. The zero-order chi connectivity index (χ0) is 15.1. The Hall–Kier alpha value is -0.960. The minimum atomic E-state index is -0.00867. The average Bonchev–Trinajstić information content (AvgIpc) is 3.10. The van der Waals surface area contributed by atoms with E-state index in [0.29, 0.717) is 37.6 Å². The van der Waals surface area contributed by atoms with Gasteiger partial charge in [0.15, 0.2) is 0 Å². The molecule has 0 aliphatic heterocycles. The van der Waals surface area contributed by atoms with E-state index in [2.05, 4.69) is 31.4 Å². The van der Waals surface area contributed by atoms with Crippen LogP contribution in [0.25, 0.3) is 10.7 Å². The fourth-order valence-corrected chi connectivity index (χ4v) is 3.04. The second kappa shape index (κ2) is 9.94. The number of carbonyl (C=O) groups is 1. The van der Waals surface area contributed by atoms with Crippen LogP contribution < -0.4 is 11.1 Å². The van der Waals surface area contributed by atoms with Gasteiger partial charge in [-0.15, -0.1) is 23.7 Å². The lowest BCUT2D eigenvalue weighted by atomic mass is 10.2. The lowest BCUT2D eigenvalue weighted by Gasteiger charge is -2.02. The topological polar surface area (TPSA) is 94.0 Å². The molecule has 2 aromatic heterocycles. The third-order valence-electron chi connectivity index (χ3n) is 2.77. The third kappa shape index (κ3) is 6.04. The molecule has 0 spiro atoms. The molecule has 6 nitrogen and oxygen atoms in total. The van der Waals surface area contributed by atoms with Crippen molar-refractivity contribution in [1.82, 2.24) is 15.5 Å². The van der Waals surface area contributed by atoms with Gasteiger partial charge in [-0.05, 0) is 41.4 Å². The van der Waals surface area contributed by atoms with Crippen molar-refractivity contribution in [2.45, 2.75) is 25.7 Å². The Labute approximate surface area is 147 Å². The number of nitrogens with two attached hydrogens (primary N) is 1. The fourth-order valence-electron chi connectivity index (χ4n) is 1.69. The van der Waals surface area contributed by atoms with Crippen LogP contribution in [0, 0.1) is 0 Å². The summed E-state index contributed by atoms with van der Waals surface area (Å²) in [6, 6.07) is 1.93. The van der Waals surface area contributed by atoms with Gasteiger partial charge in [0.2, 0.25) is 17.6 Å². The van der Waals surface area contributed by atoms with Crippen LogP contribution in [-0.2, 0) is 11.2 Å². The first-order chi connectivity index (χ1) is 10.2. The number of unbranched alkanes of at least 4 members (excludes halogenated alkanes) is 1. The zero-order valence-corrected chi connectivity index (χ0v) is 15.1. The number of hydrogen-bond acceptors (Lipinski definition) is 6. The molecule has 0 aliphatic rings. The molecule has 0 fully saturated rings. The number of thiophene rings is 1. The summed E-state index contributed by atoms with van der Waals surface area (Å²) in [5, 5.41) is 8.72. The van der Waals surface area contributed by atoms with E-state index in [1.807, 2.05) is 11.4 Å². The number of carbonyl (C=O) groups excluding carboxylic acids is 1. The first-order valence-electron chi connectivity index (χ1n) is 6.73. The SMILES string of the molecule is Cl.NCCCCNC(=O)CCc1nc(-c2cc(Br)cs2)no1. The Morgan fingerprint density at radius 1 is 1.45 bits per heavy atom. The highest BCUT2D eigenvalue weighted by Crippen LogP contribution is 2.27. The number of nitrogens with one attached hydrogen (secondary N) is 1. The van der Waals surface area contributed by atoms with Gasteiger partial charge >= 0.3 is 0 Å². The second-order valence-electron chi connectivity index (χ2n) is 4.49. The van der Waals surface area contributed by atoms with Crippen molar-refractivity contribution in [1.29, 1.82) is 0 Å². The maximum atomic E-state index is 11.6. The number of rotatable bonds is 8. The predicted octanol–water partition coefficient (Wildman–Crippen LogP) is 2.77. The van der Waals surface area contributed by atoms with Crippen molar-refractivity contribution in [2.75, 3.05) is 13.1 Å². The molecule has 0 saturated carbocycles. The Morgan fingerprint density at radius 3 is 2.95 bits per heavy atom. The number of hydrogen-bond donors (Lipinski definition) is 2. The van der Waals surface area contributed by atoms with Crippen LogP contribution in [0.2, 0.25) is 0 Å². The molecule has 0 unspecified atom stereocenters. The van der Waals surface area contributed by atoms with E-state index >= 15 is 0 Å². The Morgan fingerprint density at radius 2 is 2.27 bits per heavy atom. The minimum Gasteiger partial charge on any atom is -0.356 e. The second-order valence-corrected chi connectivity index (χ2v) is 6.31. The summed E-state index contributed by atoms with van der Waals surface area (Å²) >= 11 is 4.92. The van der Waals surface area contributed by atoms with E-state index in [-0.39, 0.29) is 18.3 Å². The maximum Gasteiger partial charge on any atom is 0.227 e. The van der Waals surface area contributed by atoms with Gasteiger partial charge in [0, 0.05) is 29.2 Å². The minimum absolute atomic E-state index is 0. The summed E-state index contributed by atoms with van der Waals surface area (Å²) in [7, 11) is 0. The molecular formula is C13H18BrClN4O2S. The van der Waals surface area contributed by atoms with E-state index in [1.54, 1.807) is 0 Å². The van der Waals surface area contributed by atoms with E-state index in [9.17, 15) is 4.79 Å². The van der Waals surface area contributed by atoms with E-state index in [0.717, 1.165) is 22.2 Å². The van der Waals surface area contributed by atoms with Crippen LogP contribution in [0.15, 0.2) is 20.4 Å². The largest absolute Gasteiger partial charge is 0.356 e. The highest BCUT2D eigenvalue weighted by molar-refractivity contribution is 9.10. The highest BCUT2D eigenvalue weighted by Gasteiger charge is 2.11. The molecule has 9 heteroatoms. The van der Waals surface area contributed by atoms with Crippen LogP contribution in [0.3, 0.4) is 0 Å². The summed E-state index contributed by atoms with van der Waals surface area (Å²) in [4.78, 5) is 16.8. The monoisotopic (exact) mass is 408 g/mol. The molecule has 0 aliphatic carbocycles. The molecule has 2 aromatic rings. The van der Waals surface area contributed by atoms with E-state index < -0.39 is 0 Å². The van der Waals surface area contributed by atoms with Gasteiger partial charge < -0.3 is 15.6 Å². The van der Waals surface area contributed by atoms with Gasteiger partial charge in [0.05, 0.1) is 4.88 Å². The molecule has 0 saturated heterocycles. The number of halogens is 2. The van der Waals surface area contributed by atoms with Gasteiger partial charge in [-0.1, -0.05) is 5.16 Å². The van der Waals surface area contributed by atoms with Crippen molar-refractivity contribution in [3.63, 3.8) is 0 Å². The van der Waals surface area contributed by atoms with E-state index in [4.69, 9.17) is 10.3 Å². The molecule has 1 amide bonds. The van der Waals surface area contributed by atoms with Gasteiger partial charge in [-0.25, -0.2) is 0 Å². The van der Waals surface area contributed by atoms with Crippen LogP contribution >= 0.6 is 39.7 Å². The number of aryl methyl sites for hydroxylation is 1. The maximum absolute atomic E-state index is 11.6. The van der Waals surface area contributed by atoms with Crippen LogP contribution in [0.4, 0.5) is 0 Å². The summed E-state index contributed by atoms with van der Waals surface area (Å²) < 4.78 is 6.15. The molecule has 0 aromatic carbocycles. The third-order valence-corrected chi connectivity index (χ3v) is 4.46. The molecule has 122 valence electrons. The van der Waals surface area contributed by atoms with Gasteiger partial charge in [-0.2, -0.15) is 4.98 Å². The summed E-state index contributed by atoms with van der Waals surface area (Å²) in [5.74, 6) is 1.03. The van der Waals surface area contributed by atoms with Crippen molar-refractivity contribution in [2.24, 2.45) is 5.73 Å². The Balaban J connectivity index is 0.00000242. The quantitative estimate of drug-likeness (QED) is 0.654. The molecule has 0 radical (unpaired) electrons. The molecule has 3 N–H and O–H groups in total. The molecular weight excluding hydrogens is 392 g/mol. The van der Waals surface area contributed by atoms with Crippen LogP contribution in [0.1, 0.15) is 25.2 Å². The lowest BCUT2D eigenvalue weighted by Crippen LogP contribution is -2.25. The van der Waals surface area contributed by atoms with Crippen LogP contribution in [-0.4, -0.2) is 29.1 Å². The van der Waals surface area contributed by atoms with Gasteiger partial charge in [0.1, 0.15) is 0 Å². The summed E-state index contributed by atoms with van der Waals surface area (Å²) in [6.45, 7) is 1.31. The average molecular weight is 410 g/mol. The first-order valence-corrected chi connectivity index (χ1v) is 8.40.